The van der Waals surface area contributed by atoms with Crippen LogP contribution >= 0.6 is 0 Å². The number of phenolic OH excluding ortho intramolecular Hbond substituents is 1. The Kier molecular flexibility index (Phi) is 7.35. The number of hydrogen-bond acceptors (Lipinski definition) is 4. The number of hydrogen-bond donors (Lipinski definition) is 2. The maximum absolute atomic E-state index is 11.3. The van der Waals surface area contributed by atoms with Crippen LogP contribution in [0.25, 0.3) is 0 Å². The van der Waals surface area contributed by atoms with Gasteiger partial charge in [-0.2, -0.15) is 0 Å². The first-order valence-electron chi connectivity index (χ1n) is 14.7. The maximum Gasteiger partial charge on any atom is 0.317 e. The lowest BCUT2D eigenvalue weighted by Crippen LogP contribution is -2.45. The molecular formula is C34H40N2O3. The monoisotopic (exact) mass is 524 g/mol. The van der Waals surface area contributed by atoms with Crippen molar-refractivity contribution in [2.24, 2.45) is 5.41 Å². The number of phenols is 1. The molecule has 3 aliphatic rings. The zero-order valence-corrected chi connectivity index (χ0v) is 22.8. The molecule has 0 radical (unpaired) electrons. The molecule has 0 amide bonds. The van der Waals surface area contributed by atoms with Gasteiger partial charge in [0.05, 0.1) is 6.54 Å². The number of carboxylic acid groups (broad SMARTS) is 1. The van der Waals surface area contributed by atoms with Gasteiger partial charge in [0.25, 0.3) is 0 Å². The minimum atomic E-state index is -0.714. The van der Waals surface area contributed by atoms with E-state index in [1.165, 1.54) is 40.8 Å². The van der Waals surface area contributed by atoms with E-state index < -0.39 is 5.97 Å². The van der Waals surface area contributed by atoms with Crippen molar-refractivity contribution in [1.29, 1.82) is 0 Å². The highest BCUT2D eigenvalue weighted by atomic mass is 16.4. The summed E-state index contributed by atoms with van der Waals surface area (Å²) < 4.78 is 0. The zero-order valence-electron chi connectivity index (χ0n) is 22.8. The molecule has 1 unspecified atom stereocenters. The average Bonchev–Trinajstić information content (AvgIpc) is 3.15. The van der Waals surface area contributed by atoms with Gasteiger partial charge in [-0.05, 0) is 109 Å². The predicted molar refractivity (Wildman–Crippen MR) is 156 cm³/mol. The van der Waals surface area contributed by atoms with Gasteiger partial charge in [-0.25, -0.2) is 0 Å². The van der Waals surface area contributed by atoms with E-state index in [1.807, 2.05) is 12.1 Å². The van der Waals surface area contributed by atoms with Crippen molar-refractivity contribution in [1.82, 2.24) is 4.90 Å². The highest BCUT2D eigenvalue weighted by Gasteiger charge is 2.37. The van der Waals surface area contributed by atoms with Crippen LogP contribution < -0.4 is 4.90 Å². The van der Waals surface area contributed by atoms with Crippen molar-refractivity contribution < 1.29 is 15.0 Å². The lowest BCUT2D eigenvalue weighted by molar-refractivity contribution is -0.139. The second-order valence-electron chi connectivity index (χ2n) is 12.1. The number of aliphatic carboxylic acids is 1. The van der Waals surface area contributed by atoms with Crippen LogP contribution in [0.3, 0.4) is 0 Å². The fourth-order valence-corrected chi connectivity index (χ4v) is 7.73. The third-order valence-corrected chi connectivity index (χ3v) is 9.58. The van der Waals surface area contributed by atoms with Gasteiger partial charge in [-0.15, -0.1) is 0 Å². The fourth-order valence-electron chi connectivity index (χ4n) is 7.73. The Morgan fingerprint density at radius 2 is 1.64 bits per heavy atom. The summed E-state index contributed by atoms with van der Waals surface area (Å²) in [6, 6.07) is 26.1. The second-order valence-corrected chi connectivity index (χ2v) is 12.1. The van der Waals surface area contributed by atoms with Gasteiger partial charge >= 0.3 is 5.97 Å². The Hall–Kier alpha value is -3.31. The Bertz CT molecular complexity index is 1290. The minimum Gasteiger partial charge on any atom is -0.508 e. The molecule has 3 aromatic carbocycles. The van der Waals surface area contributed by atoms with Crippen LogP contribution in [-0.4, -0.2) is 53.8 Å². The van der Waals surface area contributed by atoms with Gasteiger partial charge in [0.2, 0.25) is 0 Å². The first kappa shape index (κ1) is 25.9. The maximum atomic E-state index is 11.3. The number of carbonyl (C=O) groups is 1. The number of rotatable bonds is 5. The van der Waals surface area contributed by atoms with Gasteiger partial charge in [-0.1, -0.05) is 48.5 Å². The number of aryl methyl sites for hydroxylation is 1. The minimum absolute atomic E-state index is 0.167. The molecule has 2 heterocycles. The molecule has 0 saturated carbocycles. The Balaban J connectivity index is 1.22. The molecule has 0 bridgehead atoms. The number of likely N-dealkylation sites (tertiary alicyclic amines) is 1. The molecule has 0 aromatic heterocycles. The first-order chi connectivity index (χ1) is 19.0. The standard InChI is InChI=1S/C34H40N2O3/c37-29-13-15-31-27(22-29)10-14-30(25-6-2-1-3-7-25)33(31)26-8-11-28(12-9-26)36-20-5-17-34(18-21-36)16-4-19-35(24-34)23-32(38)39/h1-3,6-9,11-13,15,22,30,33,37H,4-5,10,14,16-21,23-24H2,(H,38,39)/t30-,33+,34?/m1/s1. The van der Waals surface area contributed by atoms with Gasteiger partial charge in [0, 0.05) is 31.2 Å². The number of benzene rings is 3. The van der Waals surface area contributed by atoms with Crippen molar-refractivity contribution in [3.05, 3.63) is 95.1 Å². The molecular weight excluding hydrogens is 484 g/mol. The highest BCUT2D eigenvalue weighted by molar-refractivity contribution is 5.69. The lowest BCUT2D eigenvalue weighted by Gasteiger charge is -2.42. The Morgan fingerprint density at radius 1 is 0.872 bits per heavy atom. The Labute approximate surface area is 232 Å². The van der Waals surface area contributed by atoms with Gasteiger partial charge in [0.15, 0.2) is 0 Å². The number of nitrogens with zero attached hydrogens (tertiary/aromatic N) is 2. The van der Waals surface area contributed by atoms with Crippen LogP contribution in [0.5, 0.6) is 5.75 Å². The molecule has 2 N–H and O–H groups in total. The molecule has 6 rings (SSSR count). The third kappa shape index (κ3) is 5.56. The molecule has 204 valence electrons. The number of anilines is 1. The van der Waals surface area contributed by atoms with E-state index in [-0.39, 0.29) is 17.9 Å². The molecule has 5 heteroatoms. The molecule has 2 fully saturated rings. The van der Waals surface area contributed by atoms with Crippen LogP contribution in [-0.2, 0) is 11.2 Å². The normalized spacial score (nSPS) is 25.7. The first-order valence-corrected chi connectivity index (χ1v) is 14.7. The van der Waals surface area contributed by atoms with Gasteiger partial charge in [0.1, 0.15) is 5.75 Å². The van der Waals surface area contributed by atoms with Crippen LogP contribution in [0, 0.1) is 5.41 Å². The smallest absolute Gasteiger partial charge is 0.317 e. The third-order valence-electron chi connectivity index (χ3n) is 9.58. The summed E-state index contributed by atoms with van der Waals surface area (Å²) in [5, 5.41) is 19.4. The van der Waals surface area contributed by atoms with Crippen molar-refractivity contribution in [3.63, 3.8) is 0 Å². The molecule has 3 aromatic rings. The summed E-state index contributed by atoms with van der Waals surface area (Å²) in [4.78, 5) is 16.0. The van der Waals surface area contributed by atoms with Crippen molar-refractivity contribution in [2.45, 2.75) is 56.8 Å². The van der Waals surface area contributed by atoms with Crippen LogP contribution in [0.1, 0.15) is 72.6 Å². The van der Waals surface area contributed by atoms with Gasteiger partial charge < -0.3 is 15.1 Å². The highest BCUT2D eigenvalue weighted by Crippen LogP contribution is 2.47. The SMILES string of the molecule is O=C(O)CN1CCCC2(CCCN(c3ccc([C@@H]4c5ccc(O)cc5CC[C@@H]4c4ccccc4)cc3)CC2)C1. The number of piperidine rings is 1. The fraction of sp³-hybridized carbons (Fsp3) is 0.441. The molecule has 1 spiro atoms. The van der Waals surface area contributed by atoms with Crippen LogP contribution in [0.2, 0.25) is 0 Å². The predicted octanol–water partition coefficient (Wildman–Crippen LogP) is 6.41. The largest absolute Gasteiger partial charge is 0.508 e. The number of carboxylic acids is 1. The summed E-state index contributed by atoms with van der Waals surface area (Å²) in [6.07, 6.45) is 7.83. The van der Waals surface area contributed by atoms with E-state index in [0.29, 0.717) is 11.7 Å². The van der Waals surface area contributed by atoms with E-state index >= 15 is 0 Å². The molecule has 2 saturated heterocycles. The Morgan fingerprint density at radius 3 is 2.41 bits per heavy atom. The van der Waals surface area contributed by atoms with Crippen LogP contribution in [0.4, 0.5) is 5.69 Å². The van der Waals surface area contributed by atoms with Crippen molar-refractivity contribution >= 4 is 11.7 Å². The summed E-state index contributed by atoms with van der Waals surface area (Å²) in [5.41, 5.74) is 6.85. The van der Waals surface area contributed by atoms with E-state index in [9.17, 15) is 15.0 Å². The number of aromatic hydroxyl groups is 1. The molecule has 39 heavy (non-hydrogen) atoms. The summed E-state index contributed by atoms with van der Waals surface area (Å²) in [6.45, 7) is 4.08. The van der Waals surface area contributed by atoms with E-state index in [0.717, 1.165) is 58.3 Å². The van der Waals surface area contributed by atoms with E-state index in [1.54, 1.807) is 0 Å². The quantitative estimate of drug-likeness (QED) is 0.404. The summed E-state index contributed by atoms with van der Waals surface area (Å²) in [5.74, 6) is 0.311. The topological polar surface area (TPSA) is 64.0 Å². The summed E-state index contributed by atoms with van der Waals surface area (Å²) in [7, 11) is 0. The van der Waals surface area contributed by atoms with Crippen LogP contribution in [0.15, 0.2) is 72.8 Å². The molecule has 1 aliphatic carbocycles. The zero-order chi connectivity index (χ0) is 26.8. The molecule has 2 aliphatic heterocycles. The second kappa shape index (κ2) is 11.1. The van der Waals surface area contributed by atoms with Crippen molar-refractivity contribution in [2.75, 3.05) is 37.6 Å². The average molecular weight is 525 g/mol. The lowest BCUT2D eigenvalue weighted by atomic mass is 9.69. The van der Waals surface area contributed by atoms with E-state index in [2.05, 4.69) is 70.5 Å². The summed E-state index contributed by atoms with van der Waals surface area (Å²) >= 11 is 0. The van der Waals surface area contributed by atoms with Crippen molar-refractivity contribution in [3.8, 4) is 5.75 Å². The molecule has 3 atom stereocenters. The van der Waals surface area contributed by atoms with E-state index in [4.69, 9.17) is 0 Å². The molecule has 5 nitrogen and oxygen atoms in total. The van der Waals surface area contributed by atoms with Gasteiger partial charge in [-0.3, -0.25) is 9.69 Å². The number of fused-ring (bicyclic) bond motifs is 1.